The summed E-state index contributed by atoms with van der Waals surface area (Å²) >= 11 is 0. The predicted octanol–water partition coefficient (Wildman–Crippen LogP) is 3.17. The van der Waals surface area contributed by atoms with Crippen molar-refractivity contribution in [2.45, 2.75) is 51.0 Å². The van der Waals surface area contributed by atoms with Crippen molar-refractivity contribution in [3.05, 3.63) is 35.6 Å². The number of likely N-dealkylation sites (tertiary alicyclic amines) is 1. The smallest absolute Gasteiger partial charge is 0.242 e. The third-order valence-corrected chi connectivity index (χ3v) is 5.79. The minimum atomic E-state index is -0.411. The molecule has 25 heavy (non-hydrogen) atoms. The zero-order valence-corrected chi connectivity index (χ0v) is 14.9. The maximum absolute atomic E-state index is 13.0. The molecular weight excluding hydrogens is 319 g/mol. The van der Waals surface area contributed by atoms with E-state index in [1.165, 1.54) is 12.1 Å². The van der Waals surface area contributed by atoms with Gasteiger partial charge in [-0.1, -0.05) is 6.92 Å². The highest BCUT2D eigenvalue weighted by molar-refractivity contribution is 5.98. The quantitative estimate of drug-likeness (QED) is 0.852. The molecule has 2 aliphatic rings. The van der Waals surface area contributed by atoms with E-state index in [1.54, 1.807) is 12.1 Å². The molecule has 3 rings (SSSR count). The minimum Gasteiger partial charge on any atom is -0.341 e. The largest absolute Gasteiger partial charge is 0.341 e. The Morgan fingerprint density at radius 2 is 1.88 bits per heavy atom. The standard InChI is InChI=1S/C20H27FN2O2/c1-2-20(11-3-4-12-22-20)19(25)23-13-9-16(10-14-23)18(24)15-5-7-17(21)8-6-15/h5-8,16,22H,2-4,9-14H2,1H3/t20-/m0/s1. The number of carbonyl (C=O) groups is 2. The van der Waals surface area contributed by atoms with Crippen LogP contribution in [0.25, 0.3) is 0 Å². The summed E-state index contributed by atoms with van der Waals surface area (Å²) in [7, 11) is 0. The number of halogens is 1. The van der Waals surface area contributed by atoms with Crippen LogP contribution in [0.4, 0.5) is 4.39 Å². The normalized spacial score (nSPS) is 25.0. The van der Waals surface area contributed by atoms with Crippen LogP contribution in [0.2, 0.25) is 0 Å². The molecule has 1 N–H and O–H groups in total. The first-order chi connectivity index (χ1) is 12.1. The Kier molecular flexibility index (Phi) is 5.52. The highest BCUT2D eigenvalue weighted by atomic mass is 19.1. The van der Waals surface area contributed by atoms with Crippen molar-refractivity contribution in [2.24, 2.45) is 5.92 Å². The van der Waals surface area contributed by atoms with Gasteiger partial charge in [-0.15, -0.1) is 0 Å². The molecule has 1 atom stereocenters. The van der Waals surface area contributed by atoms with Crippen molar-refractivity contribution < 1.29 is 14.0 Å². The van der Waals surface area contributed by atoms with Crippen LogP contribution in [0.1, 0.15) is 55.8 Å². The van der Waals surface area contributed by atoms with Crippen LogP contribution in [-0.4, -0.2) is 41.8 Å². The number of carbonyl (C=O) groups excluding carboxylic acids is 2. The molecule has 0 aromatic heterocycles. The molecule has 1 aromatic carbocycles. The predicted molar refractivity (Wildman–Crippen MR) is 94.9 cm³/mol. The van der Waals surface area contributed by atoms with E-state index in [0.29, 0.717) is 31.5 Å². The number of nitrogens with one attached hydrogen (secondary N) is 1. The summed E-state index contributed by atoms with van der Waals surface area (Å²) in [6.07, 6.45) is 5.29. The molecular formula is C20H27FN2O2. The first kappa shape index (κ1) is 18.1. The van der Waals surface area contributed by atoms with E-state index in [1.807, 2.05) is 4.90 Å². The van der Waals surface area contributed by atoms with Gasteiger partial charge >= 0.3 is 0 Å². The number of benzene rings is 1. The number of amides is 1. The Morgan fingerprint density at radius 1 is 1.20 bits per heavy atom. The molecule has 2 saturated heterocycles. The first-order valence-electron chi connectivity index (χ1n) is 9.40. The van der Waals surface area contributed by atoms with Crippen molar-refractivity contribution in [3.8, 4) is 0 Å². The number of piperidine rings is 2. The molecule has 1 aromatic rings. The van der Waals surface area contributed by atoms with E-state index >= 15 is 0 Å². The summed E-state index contributed by atoms with van der Waals surface area (Å²) in [5.41, 5.74) is 0.150. The molecule has 0 saturated carbocycles. The second kappa shape index (κ2) is 7.65. The van der Waals surface area contributed by atoms with Gasteiger partial charge in [-0.2, -0.15) is 0 Å². The van der Waals surface area contributed by atoms with Gasteiger partial charge in [0.2, 0.25) is 5.91 Å². The zero-order chi connectivity index (χ0) is 17.9. The third-order valence-electron chi connectivity index (χ3n) is 5.79. The molecule has 0 aliphatic carbocycles. The molecule has 2 fully saturated rings. The number of Topliss-reactive ketones (excluding diaryl/α,β-unsaturated/α-hetero) is 1. The van der Waals surface area contributed by atoms with Crippen LogP contribution < -0.4 is 5.32 Å². The van der Waals surface area contributed by atoms with Crippen LogP contribution in [0.15, 0.2) is 24.3 Å². The van der Waals surface area contributed by atoms with Gasteiger partial charge < -0.3 is 10.2 Å². The lowest BCUT2D eigenvalue weighted by atomic mass is 9.83. The van der Waals surface area contributed by atoms with Crippen LogP contribution in [-0.2, 0) is 4.79 Å². The van der Waals surface area contributed by atoms with Crippen LogP contribution >= 0.6 is 0 Å². The van der Waals surface area contributed by atoms with E-state index in [4.69, 9.17) is 0 Å². The van der Waals surface area contributed by atoms with E-state index in [0.717, 1.165) is 32.2 Å². The van der Waals surface area contributed by atoms with Gasteiger partial charge in [-0.05, 0) is 69.3 Å². The van der Waals surface area contributed by atoms with Gasteiger partial charge in [0.05, 0.1) is 5.54 Å². The van der Waals surface area contributed by atoms with E-state index < -0.39 is 5.54 Å². The van der Waals surface area contributed by atoms with Crippen LogP contribution in [0.5, 0.6) is 0 Å². The molecule has 136 valence electrons. The number of rotatable bonds is 4. The number of hydrogen-bond donors (Lipinski definition) is 1. The summed E-state index contributed by atoms with van der Waals surface area (Å²) in [6, 6.07) is 5.75. The molecule has 0 radical (unpaired) electrons. The Balaban J connectivity index is 1.60. The van der Waals surface area contributed by atoms with E-state index in [2.05, 4.69) is 12.2 Å². The van der Waals surface area contributed by atoms with Crippen molar-refractivity contribution >= 4 is 11.7 Å². The Hall–Kier alpha value is -1.75. The Labute approximate surface area is 148 Å². The minimum absolute atomic E-state index is 0.0631. The summed E-state index contributed by atoms with van der Waals surface area (Å²) in [6.45, 7) is 4.22. The molecule has 2 aliphatic heterocycles. The second-order valence-corrected chi connectivity index (χ2v) is 7.26. The molecule has 1 amide bonds. The van der Waals surface area contributed by atoms with Crippen molar-refractivity contribution in [2.75, 3.05) is 19.6 Å². The lowest BCUT2D eigenvalue weighted by Crippen LogP contribution is -2.60. The average molecular weight is 346 g/mol. The third kappa shape index (κ3) is 3.76. The topological polar surface area (TPSA) is 49.4 Å². The number of hydrogen-bond acceptors (Lipinski definition) is 3. The molecule has 2 heterocycles. The fourth-order valence-corrected chi connectivity index (χ4v) is 4.10. The van der Waals surface area contributed by atoms with Crippen molar-refractivity contribution in [3.63, 3.8) is 0 Å². The lowest BCUT2D eigenvalue weighted by Gasteiger charge is -2.42. The second-order valence-electron chi connectivity index (χ2n) is 7.26. The summed E-state index contributed by atoms with van der Waals surface area (Å²) in [5.74, 6) is -0.149. The number of ketones is 1. The van der Waals surface area contributed by atoms with Gasteiger partial charge in [0, 0.05) is 24.6 Å². The van der Waals surface area contributed by atoms with Gasteiger partial charge in [-0.3, -0.25) is 9.59 Å². The maximum Gasteiger partial charge on any atom is 0.242 e. The molecule has 4 nitrogen and oxygen atoms in total. The molecule has 0 spiro atoms. The SMILES string of the molecule is CC[C@@]1(C(=O)N2CCC(C(=O)c3ccc(F)cc3)CC2)CCCCN1. The molecule has 0 bridgehead atoms. The maximum atomic E-state index is 13.0. The highest BCUT2D eigenvalue weighted by Crippen LogP contribution is 2.29. The van der Waals surface area contributed by atoms with Gasteiger partial charge in [-0.25, -0.2) is 4.39 Å². The lowest BCUT2D eigenvalue weighted by molar-refractivity contribution is -0.141. The monoisotopic (exact) mass is 346 g/mol. The fraction of sp³-hybridized carbons (Fsp3) is 0.600. The molecule has 0 unspecified atom stereocenters. The van der Waals surface area contributed by atoms with Gasteiger partial charge in [0.1, 0.15) is 5.82 Å². The van der Waals surface area contributed by atoms with Crippen molar-refractivity contribution in [1.82, 2.24) is 10.2 Å². The summed E-state index contributed by atoms with van der Waals surface area (Å²) < 4.78 is 13.0. The Morgan fingerprint density at radius 3 is 2.44 bits per heavy atom. The summed E-state index contributed by atoms with van der Waals surface area (Å²) in [4.78, 5) is 27.5. The first-order valence-corrected chi connectivity index (χ1v) is 9.40. The zero-order valence-electron chi connectivity index (χ0n) is 14.9. The fourth-order valence-electron chi connectivity index (χ4n) is 4.10. The summed E-state index contributed by atoms with van der Waals surface area (Å²) in [5, 5.41) is 3.45. The van der Waals surface area contributed by atoms with Crippen molar-refractivity contribution in [1.29, 1.82) is 0 Å². The number of nitrogens with zero attached hydrogens (tertiary/aromatic N) is 1. The van der Waals surface area contributed by atoms with E-state index in [9.17, 15) is 14.0 Å². The average Bonchev–Trinajstić information content (AvgIpc) is 2.68. The van der Waals surface area contributed by atoms with E-state index in [-0.39, 0.29) is 23.4 Å². The highest BCUT2D eigenvalue weighted by Gasteiger charge is 2.41. The van der Waals surface area contributed by atoms with Crippen LogP contribution in [0.3, 0.4) is 0 Å². The Bertz CT molecular complexity index is 615. The van der Waals surface area contributed by atoms with Gasteiger partial charge in [0.25, 0.3) is 0 Å². The molecule has 5 heteroatoms. The van der Waals surface area contributed by atoms with Crippen LogP contribution in [0, 0.1) is 11.7 Å². The van der Waals surface area contributed by atoms with Gasteiger partial charge in [0.15, 0.2) is 5.78 Å².